The zero-order chi connectivity index (χ0) is 13.1. The van der Waals surface area contributed by atoms with E-state index in [1.807, 2.05) is 0 Å². The summed E-state index contributed by atoms with van der Waals surface area (Å²) in [6.45, 7) is 0. The Morgan fingerprint density at radius 1 is 1.33 bits per heavy atom. The average Bonchev–Trinajstić information content (AvgIpc) is 2.39. The topological polar surface area (TPSA) is 65.2 Å². The third-order valence-corrected chi connectivity index (χ3v) is 2.45. The van der Waals surface area contributed by atoms with Gasteiger partial charge in [0.15, 0.2) is 11.6 Å². The van der Waals surface area contributed by atoms with Gasteiger partial charge in [0.05, 0.1) is 24.6 Å². The fraction of sp³-hybridized carbons (Fsp3) is 0.0769. The van der Waals surface area contributed by atoms with E-state index >= 15 is 0 Å². The van der Waals surface area contributed by atoms with Crippen LogP contribution in [0.25, 0.3) is 0 Å². The summed E-state index contributed by atoms with van der Waals surface area (Å²) in [5.74, 6) is -1.17. The first-order valence-electron chi connectivity index (χ1n) is 5.22. The molecule has 0 atom stereocenters. The van der Waals surface area contributed by atoms with Crippen molar-refractivity contribution in [2.24, 2.45) is 0 Å². The molecule has 4 nitrogen and oxygen atoms in total. The minimum atomic E-state index is -0.691. The van der Waals surface area contributed by atoms with Crippen LogP contribution in [0.3, 0.4) is 0 Å². The summed E-state index contributed by atoms with van der Waals surface area (Å²) in [5, 5.41) is 0. The summed E-state index contributed by atoms with van der Waals surface area (Å²) in [5.41, 5.74) is 5.97. The molecule has 18 heavy (non-hydrogen) atoms. The van der Waals surface area contributed by atoms with E-state index in [-0.39, 0.29) is 17.0 Å². The van der Waals surface area contributed by atoms with Gasteiger partial charge in [0.2, 0.25) is 5.78 Å². The number of benzene rings is 1. The number of carbonyl (C=O) groups excluding carboxylic acids is 1. The van der Waals surface area contributed by atoms with Crippen LogP contribution in [0, 0.1) is 5.82 Å². The SMILES string of the molecule is COc1cccc(C(=O)c2ccc(N)cn2)c1F. The number of ether oxygens (including phenoxy) is 1. The number of hydrogen-bond donors (Lipinski definition) is 1. The lowest BCUT2D eigenvalue weighted by Crippen LogP contribution is -2.07. The van der Waals surface area contributed by atoms with Crippen molar-refractivity contribution in [1.82, 2.24) is 4.98 Å². The van der Waals surface area contributed by atoms with Crippen LogP contribution in [-0.2, 0) is 0 Å². The average molecular weight is 246 g/mol. The molecule has 1 aromatic carbocycles. The van der Waals surface area contributed by atoms with Crippen molar-refractivity contribution in [3.05, 3.63) is 53.6 Å². The quantitative estimate of drug-likeness (QED) is 0.842. The molecule has 0 fully saturated rings. The fourth-order valence-corrected chi connectivity index (χ4v) is 1.52. The first kappa shape index (κ1) is 12.0. The highest BCUT2D eigenvalue weighted by Gasteiger charge is 2.17. The van der Waals surface area contributed by atoms with Crippen molar-refractivity contribution in [1.29, 1.82) is 0 Å². The molecule has 0 aliphatic carbocycles. The van der Waals surface area contributed by atoms with E-state index in [0.29, 0.717) is 5.69 Å². The molecule has 0 spiro atoms. The van der Waals surface area contributed by atoms with Crippen LogP contribution in [0.5, 0.6) is 5.75 Å². The van der Waals surface area contributed by atoms with Gasteiger partial charge in [0.25, 0.3) is 0 Å². The third kappa shape index (κ3) is 2.15. The molecule has 5 heteroatoms. The van der Waals surface area contributed by atoms with Crippen molar-refractivity contribution >= 4 is 11.5 Å². The standard InChI is InChI=1S/C13H11FN2O2/c1-18-11-4-2-3-9(12(11)14)13(17)10-6-5-8(15)7-16-10/h2-7H,15H2,1H3. The van der Waals surface area contributed by atoms with E-state index in [4.69, 9.17) is 10.5 Å². The second kappa shape index (κ2) is 4.83. The molecule has 0 aliphatic heterocycles. The third-order valence-electron chi connectivity index (χ3n) is 2.45. The molecule has 1 heterocycles. The summed E-state index contributed by atoms with van der Waals surface area (Å²) in [4.78, 5) is 15.9. The molecule has 92 valence electrons. The molecule has 2 aromatic rings. The summed E-state index contributed by atoms with van der Waals surface area (Å²) >= 11 is 0. The Bertz CT molecular complexity index is 582. The highest BCUT2D eigenvalue weighted by atomic mass is 19.1. The molecule has 0 unspecified atom stereocenters. The number of nitrogen functional groups attached to an aromatic ring is 1. The molecule has 0 bridgehead atoms. The van der Waals surface area contributed by atoms with Crippen molar-refractivity contribution < 1.29 is 13.9 Å². The van der Waals surface area contributed by atoms with Crippen LogP contribution in [0.4, 0.5) is 10.1 Å². The predicted octanol–water partition coefficient (Wildman–Crippen LogP) is 2.04. The maximum Gasteiger partial charge on any atom is 0.214 e. The number of carbonyl (C=O) groups is 1. The van der Waals surface area contributed by atoms with Gasteiger partial charge in [0.1, 0.15) is 5.69 Å². The Hall–Kier alpha value is -2.43. The molecule has 2 N–H and O–H groups in total. The summed E-state index contributed by atoms with van der Waals surface area (Å²) < 4.78 is 18.7. The lowest BCUT2D eigenvalue weighted by molar-refractivity contribution is 0.103. The Labute approximate surface area is 103 Å². The van der Waals surface area contributed by atoms with E-state index < -0.39 is 11.6 Å². The maximum atomic E-state index is 13.9. The van der Waals surface area contributed by atoms with Gasteiger partial charge in [0, 0.05) is 0 Å². The summed E-state index contributed by atoms with van der Waals surface area (Å²) in [6.07, 6.45) is 1.35. The minimum Gasteiger partial charge on any atom is -0.494 e. The number of pyridine rings is 1. The number of ketones is 1. The van der Waals surface area contributed by atoms with Gasteiger partial charge in [-0.2, -0.15) is 0 Å². The van der Waals surface area contributed by atoms with Crippen molar-refractivity contribution in [3.8, 4) is 5.75 Å². The zero-order valence-electron chi connectivity index (χ0n) is 9.68. The Morgan fingerprint density at radius 3 is 2.72 bits per heavy atom. The highest BCUT2D eigenvalue weighted by Crippen LogP contribution is 2.21. The normalized spacial score (nSPS) is 10.1. The molecule has 0 radical (unpaired) electrons. The van der Waals surface area contributed by atoms with Crippen LogP contribution in [0.2, 0.25) is 0 Å². The van der Waals surface area contributed by atoms with Crippen molar-refractivity contribution in [2.75, 3.05) is 12.8 Å². The first-order chi connectivity index (χ1) is 8.63. The van der Waals surface area contributed by atoms with Gasteiger partial charge in [-0.15, -0.1) is 0 Å². The molecular formula is C13H11FN2O2. The molecule has 2 rings (SSSR count). The Morgan fingerprint density at radius 2 is 2.11 bits per heavy atom. The number of halogens is 1. The number of aromatic nitrogens is 1. The summed E-state index contributed by atoms with van der Waals surface area (Å²) in [6, 6.07) is 7.38. The fourth-order valence-electron chi connectivity index (χ4n) is 1.52. The number of nitrogens with two attached hydrogens (primary N) is 1. The molecular weight excluding hydrogens is 235 g/mol. The molecule has 0 saturated carbocycles. The number of rotatable bonds is 3. The van der Waals surface area contributed by atoms with E-state index in [1.165, 1.54) is 37.6 Å². The van der Waals surface area contributed by atoms with E-state index in [1.54, 1.807) is 6.07 Å². The second-order valence-corrected chi connectivity index (χ2v) is 3.63. The lowest BCUT2D eigenvalue weighted by Gasteiger charge is -2.06. The number of nitrogens with zero attached hydrogens (tertiary/aromatic N) is 1. The number of methoxy groups -OCH3 is 1. The van der Waals surface area contributed by atoms with Crippen LogP contribution in [-0.4, -0.2) is 17.9 Å². The lowest BCUT2D eigenvalue weighted by atomic mass is 10.1. The van der Waals surface area contributed by atoms with Gasteiger partial charge >= 0.3 is 0 Å². The molecule has 1 aromatic heterocycles. The Balaban J connectivity index is 2.43. The van der Waals surface area contributed by atoms with E-state index in [0.717, 1.165) is 0 Å². The van der Waals surface area contributed by atoms with Gasteiger partial charge in [-0.1, -0.05) is 6.07 Å². The predicted molar refractivity (Wildman–Crippen MR) is 65.0 cm³/mol. The van der Waals surface area contributed by atoms with Crippen LogP contribution < -0.4 is 10.5 Å². The molecule has 0 aliphatic rings. The van der Waals surface area contributed by atoms with Crippen LogP contribution in [0.1, 0.15) is 16.1 Å². The maximum absolute atomic E-state index is 13.9. The first-order valence-corrected chi connectivity index (χ1v) is 5.22. The Kier molecular flexibility index (Phi) is 3.23. The van der Waals surface area contributed by atoms with Crippen LogP contribution >= 0.6 is 0 Å². The van der Waals surface area contributed by atoms with Gasteiger partial charge < -0.3 is 10.5 Å². The minimum absolute atomic E-state index is 0.0243. The van der Waals surface area contributed by atoms with Gasteiger partial charge in [-0.3, -0.25) is 9.78 Å². The molecule has 0 saturated heterocycles. The van der Waals surface area contributed by atoms with Gasteiger partial charge in [-0.25, -0.2) is 4.39 Å². The molecule has 0 amide bonds. The largest absolute Gasteiger partial charge is 0.494 e. The number of hydrogen-bond acceptors (Lipinski definition) is 4. The van der Waals surface area contributed by atoms with E-state index in [2.05, 4.69) is 4.98 Å². The van der Waals surface area contributed by atoms with Crippen molar-refractivity contribution in [3.63, 3.8) is 0 Å². The highest BCUT2D eigenvalue weighted by molar-refractivity contribution is 6.08. The smallest absolute Gasteiger partial charge is 0.214 e. The summed E-state index contributed by atoms with van der Waals surface area (Å²) in [7, 11) is 1.34. The van der Waals surface area contributed by atoms with Gasteiger partial charge in [-0.05, 0) is 24.3 Å². The van der Waals surface area contributed by atoms with E-state index in [9.17, 15) is 9.18 Å². The van der Waals surface area contributed by atoms with Crippen LogP contribution in [0.15, 0.2) is 36.5 Å². The second-order valence-electron chi connectivity index (χ2n) is 3.63. The number of anilines is 1. The monoisotopic (exact) mass is 246 g/mol. The zero-order valence-corrected chi connectivity index (χ0v) is 9.68. The van der Waals surface area contributed by atoms with Crippen molar-refractivity contribution in [2.45, 2.75) is 0 Å².